The van der Waals surface area contributed by atoms with Crippen molar-refractivity contribution in [3.8, 4) is 0 Å². The first kappa shape index (κ1) is 8.81. The van der Waals surface area contributed by atoms with Gasteiger partial charge in [-0.25, -0.2) is 0 Å². The van der Waals surface area contributed by atoms with Gasteiger partial charge < -0.3 is 10.3 Å². The zero-order valence-corrected chi connectivity index (χ0v) is 7.73. The molecule has 1 aromatic heterocycles. The van der Waals surface area contributed by atoms with Crippen LogP contribution in [0.25, 0.3) is 10.9 Å². The molecule has 2 N–H and O–H groups in total. The van der Waals surface area contributed by atoms with Crippen molar-refractivity contribution < 1.29 is 4.79 Å². The molecule has 0 spiro atoms. The molecule has 3 heteroatoms. The molecule has 1 aromatic carbocycles. The van der Waals surface area contributed by atoms with E-state index in [0.29, 0.717) is 0 Å². The number of carbonyl (C=O) groups is 1. The second kappa shape index (κ2) is 3.18. The lowest BCUT2D eigenvalue weighted by atomic mass is 10.2. The van der Waals surface area contributed by atoms with Gasteiger partial charge in [0.25, 0.3) is 0 Å². The number of hydrogen-bond acceptors (Lipinski definition) is 1. The van der Waals surface area contributed by atoms with E-state index in [1.54, 1.807) is 0 Å². The molecule has 0 aliphatic carbocycles. The number of carbonyl (C=O) groups excluding carboxylic acids is 1. The second-order valence-corrected chi connectivity index (χ2v) is 3.27. The van der Waals surface area contributed by atoms with E-state index in [4.69, 9.17) is 5.73 Å². The van der Waals surface area contributed by atoms with Gasteiger partial charge in [0.05, 0.1) is 0 Å². The molecule has 14 heavy (non-hydrogen) atoms. The number of primary amides is 1. The Morgan fingerprint density at radius 1 is 1.43 bits per heavy atom. The number of fused-ring (bicyclic) bond motifs is 1. The van der Waals surface area contributed by atoms with Gasteiger partial charge in [-0.15, -0.1) is 0 Å². The SMILES string of the molecule is [CH2]c1cn(CC(N)=O)c2ccccc12. The fourth-order valence-corrected chi connectivity index (χ4v) is 1.62. The molecule has 0 saturated carbocycles. The maximum atomic E-state index is 10.8. The highest BCUT2D eigenvalue weighted by molar-refractivity contribution is 5.86. The first-order valence-corrected chi connectivity index (χ1v) is 4.36. The number of nitrogens with zero attached hydrogens (tertiary/aromatic N) is 1. The number of rotatable bonds is 2. The number of nitrogens with two attached hydrogens (primary N) is 1. The van der Waals surface area contributed by atoms with Crippen LogP contribution in [0.1, 0.15) is 5.56 Å². The van der Waals surface area contributed by atoms with Crippen molar-refractivity contribution in [2.75, 3.05) is 0 Å². The minimum Gasteiger partial charge on any atom is -0.368 e. The van der Waals surface area contributed by atoms with Crippen LogP contribution in [-0.4, -0.2) is 10.5 Å². The largest absolute Gasteiger partial charge is 0.368 e. The normalized spacial score (nSPS) is 10.6. The lowest BCUT2D eigenvalue weighted by Crippen LogP contribution is -2.17. The van der Waals surface area contributed by atoms with Gasteiger partial charge in [0.15, 0.2) is 0 Å². The number of aromatic nitrogens is 1. The van der Waals surface area contributed by atoms with Crippen molar-refractivity contribution in [2.24, 2.45) is 5.73 Å². The fourth-order valence-electron chi connectivity index (χ4n) is 1.62. The van der Waals surface area contributed by atoms with Gasteiger partial charge in [0, 0.05) is 17.1 Å². The van der Waals surface area contributed by atoms with Gasteiger partial charge in [-0.1, -0.05) is 18.2 Å². The maximum absolute atomic E-state index is 10.8. The summed E-state index contributed by atoms with van der Waals surface area (Å²) < 4.78 is 1.82. The highest BCUT2D eigenvalue weighted by Crippen LogP contribution is 2.19. The van der Waals surface area contributed by atoms with Crippen molar-refractivity contribution in [2.45, 2.75) is 6.54 Å². The molecular weight excluding hydrogens is 176 g/mol. The quantitative estimate of drug-likeness (QED) is 0.757. The van der Waals surface area contributed by atoms with Crippen LogP contribution in [0.15, 0.2) is 30.5 Å². The molecule has 71 valence electrons. The Balaban J connectivity index is 2.60. The zero-order valence-electron chi connectivity index (χ0n) is 7.73. The van der Waals surface area contributed by atoms with E-state index >= 15 is 0 Å². The predicted octanol–water partition coefficient (Wildman–Crippen LogP) is 1.31. The minimum atomic E-state index is -0.342. The molecule has 0 unspecified atom stereocenters. The third kappa shape index (κ3) is 1.37. The van der Waals surface area contributed by atoms with Crippen molar-refractivity contribution in [3.63, 3.8) is 0 Å². The summed E-state index contributed by atoms with van der Waals surface area (Å²) in [6.45, 7) is 4.11. The Labute approximate surface area is 82.1 Å². The number of hydrogen-bond donors (Lipinski definition) is 1. The van der Waals surface area contributed by atoms with Gasteiger partial charge in [0.2, 0.25) is 5.91 Å². The molecule has 1 heterocycles. The first-order valence-electron chi connectivity index (χ1n) is 4.36. The molecule has 0 saturated heterocycles. The van der Waals surface area contributed by atoms with Gasteiger partial charge in [-0.05, 0) is 18.6 Å². The topological polar surface area (TPSA) is 48.0 Å². The number of para-hydroxylation sites is 1. The van der Waals surface area contributed by atoms with E-state index in [1.807, 2.05) is 35.0 Å². The Morgan fingerprint density at radius 2 is 2.14 bits per heavy atom. The number of benzene rings is 1. The van der Waals surface area contributed by atoms with Crippen LogP contribution >= 0.6 is 0 Å². The second-order valence-electron chi connectivity index (χ2n) is 3.27. The van der Waals surface area contributed by atoms with Crippen molar-refractivity contribution in [1.82, 2.24) is 4.57 Å². The Hall–Kier alpha value is -1.77. The Bertz CT molecular complexity index is 485. The third-order valence-electron chi connectivity index (χ3n) is 2.20. The van der Waals surface area contributed by atoms with Crippen LogP contribution < -0.4 is 5.73 Å². The maximum Gasteiger partial charge on any atom is 0.237 e. The summed E-state index contributed by atoms with van der Waals surface area (Å²) in [5.41, 5.74) is 7.06. The summed E-state index contributed by atoms with van der Waals surface area (Å²) in [6.07, 6.45) is 1.84. The lowest BCUT2D eigenvalue weighted by molar-refractivity contribution is -0.118. The fraction of sp³-hybridized carbons (Fsp3) is 0.0909. The highest BCUT2D eigenvalue weighted by Gasteiger charge is 2.05. The molecule has 0 aliphatic heterocycles. The molecule has 1 amide bonds. The van der Waals surface area contributed by atoms with Gasteiger partial charge in [-0.3, -0.25) is 4.79 Å². The monoisotopic (exact) mass is 187 g/mol. The molecule has 2 rings (SSSR count). The summed E-state index contributed by atoms with van der Waals surface area (Å²) in [6, 6.07) is 7.81. The molecule has 0 atom stereocenters. The Morgan fingerprint density at radius 3 is 2.86 bits per heavy atom. The molecule has 2 aromatic rings. The average Bonchev–Trinajstić information content (AvgIpc) is 2.44. The van der Waals surface area contributed by atoms with Crippen molar-refractivity contribution in [3.05, 3.63) is 42.9 Å². The summed E-state index contributed by atoms with van der Waals surface area (Å²) in [7, 11) is 0. The highest BCUT2D eigenvalue weighted by atomic mass is 16.1. The third-order valence-corrected chi connectivity index (χ3v) is 2.20. The molecule has 0 fully saturated rings. The van der Waals surface area contributed by atoms with Gasteiger partial charge in [0.1, 0.15) is 6.54 Å². The smallest absolute Gasteiger partial charge is 0.237 e. The standard InChI is InChI=1S/C11H11N2O/c1-8-6-13(7-11(12)14)10-5-3-2-4-9(8)10/h2-6H,1,7H2,(H2,12,14). The van der Waals surface area contributed by atoms with E-state index in [-0.39, 0.29) is 12.5 Å². The molecular formula is C11H11N2O. The number of amides is 1. The van der Waals surface area contributed by atoms with Crippen LogP contribution in [0.2, 0.25) is 0 Å². The van der Waals surface area contributed by atoms with E-state index in [1.165, 1.54) is 0 Å². The summed E-state index contributed by atoms with van der Waals surface area (Å²) in [5.74, 6) is -0.342. The van der Waals surface area contributed by atoms with E-state index in [2.05, 4.69) is 6.92 Å². The first-order chi connectivity index (χ1) is 6.68. The van der Waals surface area contributed by atoms with Crippen LogP contribution in [-0.2, 0) is 11.3 Å². The van der Waals surface area contributed by atoms with Crippen LogP contribution in [0.3, 0.4) is 0 Å². The average molecular weight is 187 g/mol. The summed E-state index contributed by atoms with van der Waals surface area (Å²) in [5, 5.41) is 1.06. The molecule has 0 bridgehead atoms. The van der Waals surface area contributed by atoms with Crippen molar-refractivity contribution >= 4 is 16.8 Å². The summed E-state index contributed by atoms with van der Waals surface area (Å²) >= 11 is 0. The predicted molar refractivity (Wildman–Crippen MR) is 55.6 cm³/mol. The van der Waals surface area contributed by atoms with E-state index in [9.17, 15) is 4.79 Å². The van der Waals surface area contributed by atoms with Crippen molar-refractivity contribution in [1.29, 1.82) is 0 Å². The van der Waals surface area contributed by atoms with E-state index in [0.717, 1.165) is 16.5 Å². The van der Waals surface area contributed by atoms with Crippen LogP contribution in [0.4, 0.5) is 0 Å². The summed E-state index contributed by atoms with van der Waals surface area (Å²) in [4.78, 5) is 10.8. The molecule has 0 aliphatic rings. The minimum absolute atomic E-state index is 0.204. The van der Waals surface area contributed by atoms with E-state index < -0.39 is 0 Å². The van der Waals surface area contributed by atoms with Crippen LogP contribution in [0.5, 0.6) is 0 Å². The van der Waals surface area contributed by atoms with Gasteiger partial charge in [-0.2, -0.15) is 0 Å². The van der Waals surface area contributed by atoms with Gasteiger partial charge >= 0.3 is 0 Å². The van der Waals surface area contributed by atoms with Crippen LogP contribution in [0, 0.1) is 6.92 Å². The Kier molecular flexibility index (Phi) is 2.00. The lowest BCUT2D eigenvalue weighted by Gasteiger charge is -2.00. The zero-order chi connectivity index (χ0) is 10.1. The molecule has 1 radical (unpaired) electrons. The molecule has 3 nitrogen and oxygen atoms in total.